The zero-order valence-corrected chi connectivity index (χ0v) is 14.0. The van der Waals surface area contributed by atoms with Crippen LogP contribution in [0.3, 0.4) is 0 Å². The zero-order valence-electron chi connectivity index (χ0n) is 11.7. The van der Waals surface area contributed by atoms with Crippen LogP contribution in [0.1, 0.15) is 12.5 Å². The molecule has 0 aliphatic carbocycles. The van der Waals surface area contributed by atoms with Crippen LogP contribution in [0.2, 0.25) is 10.0 Å². The molecule has 1 heterocycles. The standard InChI is InChI=1S/C14H18Cl2N2O2.ClH/c1-9-13(17-4-5-20-9)14(19)18-3-2-10-6-11(15)8-12(16)7-10;/h6-9,13,17H,2-5H2,1H3,(H,18,19);1H/t9-,13+;/m1./s1. The summed E-state index contributed by atoms with van der Waals surface area (Å²) in [6.07, 6.45) is 0.581. The molecular weight excluding hydrogens is 335 g/mol. The molecule has 0 radical (unpaired) electrons. The van der Waals surface area contributed by atoms with E-state index in [0.29, 0.717) is 36.2 Å². The van der Waals surface area contributed by atoms with Crippen molar-refractivity contribution in [2.24, 2.45) is 0 Å². The number of rotatable bonds is 4. The second kappa shape index (κ2) is 8.81. The average molecular weight is 354 g/mol. The highest BCUT2D eigenvalue weighted by molar-refractivity contribution is 6.34. The molecule has 1 aliphatic rings. The lowest BCUT2D eigenvalue weighted by Gasteiger charge is -2.29. The van der Waals surface area contributed by atoms with Crippen molar-refractivity contribution in [3.63, 3.8) is 0 Å². The summed E-state index contributed by atoms with van der Waals surface area (Å²) in [4.78, 5) is 12.0. The van der Waals surface area contributed by atoms with Crippen molar-refractivity contribution in [1.29, 1.82) is 0 Å². The summed E-state index contributed by atoms with van der Waals surface area (Å²) in [5, 5.41) is 7.27. The molecular formula is C14H19Cl3N2O2. The Bertz CT molecular complexity index is 465. The van der Waals surface area contributed by atoms with Gasteiger partial charge < -0.3 is 15.4 Å². The number of hydrogen-bond acceptors (Lipinski definition) is 3. The molecule has 4 nitrogen and oxygen atoms in total. The van der Waals surface area contributed by atoms with Gasteiger partial charge in [0.15, 0.2) is 0 Å². The highest BCUT2D eigenvalue weighted by Crippen LogP contribution is 2.19. The molecule has 0 saturated carbocycles. The molecule has 0 unspecified atom stereocenters. The minimum absolute atomic E-state index is 0. The van der Waals surface area contributed by atoms with Gasteiger partial charge in [-0.15, -0.1) is 12.4 Å². The summed E-state index contributed by atoms with van der Waals surface area (Å²) in [6, 6.07) is 5.11. The first kappa shape index (κ1) is 18.5. The van der Waals surface area contributed by atoms with E-state index in [0.717, 1.165) is 5.56 Å². The van der Waals surface area contributed by atoms with Crippen molar-refractivity contribution in [2.45, 2.75) is 25.5 Å². The minimum Gasteiger partial charge on any atom is -0.375 e. The predicted molar refractivity (Wildman–Crippen MR) is 87.6 cm³/mol. The zero-order chi connectivity index (χ0) is 14.5. The summed E-state index contributed by atoms with van der Waals surface area (Å²) in [6.45, 7) is 3.78. The van der Waals surface area contributed by atoms with Crippen molar-refractivity contribution >= 4 is 41.5 Å². The fourth-order valence-electron chi connectivity index (χ4n) is 2.22. The van der Waals surface area contributed by atoms with Gasteiger partial charge in [-0.05, 0) is 37.1 Å². The maximum Gasteiger partial charge on any atom is 0.239 e. The molecule has 2 rings (SSSR count). The van der Waals surface area contributed by atoms with Crippen LogP contribution in [0, 0.1) is 0 Å². The van der Waals surface area contributed by atoms with Gasteiger partial charge in [-0.3, -0.25) is 4.79 Å². The molecule has 0 spiro atoms. The molecule has 1 aliphatic heterocycles. The highest BCUT2D eigenvalue weighted by atomic mass is 35.5. The van der Waals surface area contributed by atoms with Gasteiger partial charge in [-0.1, -0.05) is 23.2 Å². The predicted octanol–water partition coefficient (Wildman–Crippen LogP) is 2.45. The van der Waals surface area contributed by atoms with E-state index in [9.17, 15) is 4.79 Å². The van der Waals surface area contributed by atoms with Gasteiger partial charge in [-0.25, -0.2) is 0 Å². The van der Waals surface area contributed by atoms with Gasteiger partial charge in [-0.2, -0.15) is 0 Å². The second-order valence-corrected chi connectivity index (χ2v) is 5.70. The summed E-state index contributed by atoms with van der Waals surface area (Å²) in [5.41, 5.74) is 1.00. The van der Waals surface area contributed by atoms with Gasteiger partial charge in [0.1, 0.15) is 6.04 Å². The first-order valence-corrected chi connectivity index (χ1v) is 7.39. The maximum absolute atomic E-state index is 12.0. The third-order valence-electron chi connectivity index (χ3n) is 3.23. The molecule has 1 saturated heterocycles. The number of benzene rings is 1. The van der Waals surface area contributed by atoms with Crippen LogP contribution in [0.5, 0.6) is 0 Å². The molecule has 1 fully saturated rings. The monoisotopic (exact) mass is 352 g/mol. The Balaban J connectivity index is 0.00000220. The van der Waals surface area contributed by atoms with Gasteiger partial charge in [0.05, 0.1) is 12.7 Å². The van der Waals surface area contributed by atoms with E-state index in [1.165, 1.54) is 0 Å². The normalized spacial score (nSPS) is 21.5. The van der Waals surface area contributed by atoms with E-state index in [-0.39, 0.29) is 30.5 Å². The van der Waals surface area contributed by atoms with Crippen molar-refractivity contribution in [1.82, 2.24) is 10.6 Å². The quantitative estimate of drug-likeness (QED) is 0.874. The van der Waals surface area contributed by atoms with E-state index in [4.69, 9.17) is 27.9 Å². The van der Waals surface area contributed by atoms with Crippen LogP contribution >= 0.6 is 35.6 Å². The number of amides is 1. The van der Waals surface area contributed by atoms with E-state index in [1.54, 1.807) is 6.07 Å². The van der Waals surface area contributed by atoms with Gasteiger partial charge in [0.2, 0.25) is 5.91 Å². The van der Waals surface area contributed by atoms with Crippen molar-refractivity contribution in [3.05, 3.63) is 33.8 Å². The molecule has 1 amide bonds. The highest BCUT2D eigenvalue weighted by Gasteiger charge is 2.27. The molecule has 1 aromatic rings. The average Bonchev–Trinajstić information content (AvgIpc) is 2.38. The smallest absolute Gasteiger partial charge is 0.239 e. The minimum atomic E-state index is -0.285. The number of morpholine rings is 1. The number of halogens is 3. The van der Waals surface area contributed by atoms with E-state index >= 15 is 0 Å². The summed E-state index contributed by atoms with van der Waals surface area (Å²) in [7, 11) is 0. The van der Waals surface area contributed by atoms with Crippen molar-refractivity contribution in [3.8, 4) is 0 Å². The largest absolute Gasteiger partial charge is 0.375 e. The lowest BCUT2D eigenvalue weighted by atomic mass is 10.1. The number of ether oxygens (including phenoxy) is 1. The van der Waals surface area contributed by atoms with Gasteiger partial charge in [0, 0.05) is 23.1 Å². The Hall–Kier alpha value is -0.520. The molecule has 1 aromatic carbocycles. The first-order chi connectivity index (χ1) is 9.56. The molecule has 2 atom stereocenters. The lowest BCUT2D eigenvalue weighted by molar-refractivity contribution is -0.128. The molecule has 21 heavy (non-hydrogen) atoms. The molecule has 2 N–H and O–H groups in total. The number of carbonyl (C=O) groups excluding carboxylic acids is 1. The fraction of sp³-hybridized carbons (Fsp3) is 0.500. The lowest BCUT2D eigenvalue weighted by Crippen LogP contribution is -2.55. The topological polar surface area (TPSA) is 50.4 Å². The molecule has 118 valence electrons. The van der Waals surface area contributed by atoms with E-state index < -0.39 is 0 Å². The third-order valence-corrected chi connectivity index (χ3v) is 3.67. The Labute approximate surface area is 140 Å². The Kier molecular flexibility index (Phi) is 7.77. The van der Waals surface area contributed by atoms with Crippen LogP contribution in [0.15, 0.2) is 18.2 Å². The summed E-state index contributed by atoms with van der Waals surface area (Å²) in [5.74, 6) is -0.0367. The van der Waals surface area contributed by atoms with Crippen molar-refractivity contribution in [2.75, 3.05) is 19.7 Å². The molecule has 0 bridgehead atoms. The second-order valence-electron chi connectivity index (χ2n) is 4.83. The number of hydrogen-bond donors (Lipinski definition) is 2. The fourth-order valence-corrected chi connectivity index (χ4v) is 2.79. The van der Waals surface area contributed by atoms with Crippen LogP contribution in [0.25, 0.3) is 0 Å². The van der Waals surface area contributed by atoms with Crippen molar-refractivity contribution < 1.29 is 9.53 Å². The number of carbonyl (C=O) groups is 1. The van der Waals surface area contributed by atoms with Gasteiger partial charge >= 0.3 is 0 Å². The maximum atomic E-state index is 12.0. The van der Waals surface area contributed by atoms with Crippen LogP contribution in [-0.2, 0) is 16.0 Å². The van der Waals surface area contributed by atoms with Crippen LogP contribution in [-0.4, -0.2) is 37.7 Å². The summed E-state index contributed by atoms with van der Waals surface area (Å²) < 4.78 is 5.45. The van der Waals surface area contributed by atoms with Gasteiger partial charge in [0.25, 0.3) is 0 Å². The molecule has 0 aromatic heterocycles. The SMILES string of the molecule is C[C@H]1OCCN[C@@H]1C(=O)NCCc1cc(Cl)cc(Cl)c1.Cl. The number of nitrogens with one attached hydrogen (secondary N) is 2. The van der Waals surface area contributed by atoms with E-state index in [1.807, 2.05) is 19.1 Å². The van der Waals surface area contributed by atoms with E-state index in [2.05, 4.69) is 10.6 Å². The Morgan fingerprint density at radius 1 is 1.38 bits per heavy atom. The summed E-state index contributed by atoms with van der Waals surface area (Å²) >= 11 is 11.9. The van der Waals surface area contributed by atoms with Crippen LogP contribution in [0.4, 0.5) is 0 Å². The van der Waals surface area contributed by atoms with Crippen LogP contribution < -0.4 is 10.6 Å². The third kappa shape index (κ3) is 5.64. The Morgan fingerprint density at radius 3 is 2.67 bits per heavy atom. The first-order valence-electron chi connectivity index (χ1n) is 6.64. The Morgan fingerprint density at radius 2 is 2.05 bits per heavy atom. The molecule has 7 heteroatoms.